The fraction of sp³-hybridized carbons (Fsp3) is 0.333. The van der Waals surface area contributed by atoms with Crippen molar-refractivity contribution in [2.45, 2.75) is 19.5 Å². The summed E-state index contributed by atoms with van der Waals surface area (Å²) in [5.41, 5.74) is 0.969. The van der Waals surface area contributed by atoms with Crippen LogP contribution in [0.1, 0.15) is 18.5 Å². The number of aromatic nitrogens is 4. The maximum absolute atomic E-state index is 13.0. The van der Waals surface area contributed by atoms with Gasteiger partial charge in [0.2, 0.25) is 5.91 Å². The smallest absolute Gasteiger partial charge is 0.267 e. The van der Waals surface area contributed by atoms with Crippen molar-refractivity contribution in [2.75, 3.05) is 26.2 Å². The first-order valence-corrected chi connectivity index (χ1v) is 9.77. The number of rotatable bonds is 5. The lowest BCUT2D eigenvalue weighted by atomic mass is 10.2. The molecule has 0 spiro atoms. The minimum atomic E-state index is -0.668. The fourth-order valence-corrected chi connectivity index (χ4v) is 3.56. The molecule has 0 N–H and O–H groups in total. The van der Waals surface area contributed by atoms with E-state index in [9.17, 15) is 9.59 Å². The van der Waals surface area contributed by atoms with Gasteiger partial charge in [0.15, 0.2) is 5.82 Å². The Morgan fingerprint density at radius 3 is 2.48 bits per heavy atom. The Labute approximate surface area is 169 Å². The summed E-state index contributed by atoms with van der Waals surface area (Å²) in [6, 6.07) is 14.5. The normalized spacial score (nSPS) is 16.0. The fourth-order valence-electron chi connectivity index (χ4n) is 3.56. The van der Waals surface area contributed by atoms with Crippen LogP contribution in [0.15, 0.2) is 65.7 Å². The van der Waals surface area contributed by atoms with Gasteiger partial charge in [0.05, 0.1) is 0 Å². The van der Waals surface area contributed by atoms with Crippen molar-refractivity contribution in [3.05, 3.63) is 76.8 Å². The quantitative estimate of drug-likeness (QED) is 0.655. The standard InChI is InChI=1S/C21H24N6O2/c1-17(27-20(28)9-8-19(23-27)26-11-5-10-22-26)21(29)25-14-12-24(13-15-25)16-18-6-3-2-4-7-18/h2-11,17H,12-16H2,1H3. The van der Waals surface area contributed by atoms with Gasteiger partial charge in [0, 0.05) is 51.2 Å². The average Bonchev–Trinajstić information content (AvgIpc) is 3.29. The Hall–Kier alpha value is -3.26. The van der Waals surface area contributed by atoms with Crippen molar-refractivity contribution in [1.29, 1.82) is 0 Å². The summed E-state index contributed by atoms with van der Waals surface area (Å²) in [7, 11) is 0. The molecule has 2 aromatic heterocycles. The van der Waals surface area contributed by atoms with Crippen LogP contribution in [0.4, 0.5) is 0 Å². The van der Waals surface area contributed by atoms with Crippen LogP contribution >= 0.6 is 0 Å². The Bertz CT molecular complexity index is 1010. The number of carbonyl (C=O) groups excluding carboxylic acids is 1. The molecule has 1 atom stereocenters. The van der Waals surface area contributed by atoms with E-state index in [4.69, 9.17) is 0 Å². The van der Waals surface area contributed by atoms with Gasteiger partial charge in [-0.3, -0.25) is 14.5 Å². The first-order chi connectivity index (χ1) is 14.1. The van der Waals surface area contributed by atoms with Crippen LogP contribution in [0.25, 0.3) is 5.82 Å². The second-order valence-corrected chi connectivity index (χ2v) is 7.19. The first-order valence-electron chi connectivity index (χ1n) is 9.77. The van der Waals surface area contributed by atoms with Gasteiger partial charge in [-0.1, -0.05) is 30.3 Å². The summed E-state index contributed by atoms with van der Waals surface area (Å²) in [4.78, 5) is 29.5. The van der Waals surface area contributed by atoms with Gasteiger partial charge in [-0.25, -0.2) is 9.36 Å². The van der Waals surface area contributed by atoms with Crippen LogP contribution in [-0.2, 0) is 11.3 Å². The Kier molecular flexibility index (Phi) is 5.53. The van der Waals surface area contributed by atoms with E-state index in [1.807, 2.05) is 23.1 Å². The van der Waals surface area contributed by atoms with E-state index < -0.39 is 6.04 Å². The number of nitrogens with zero attached hydrogens (tertiary/aromatic N) is 6. The number of carbonyl (C=O) groups is 1. The molecule has 3 heterocycles. The zero-order valence-electron chi connectivity index (χ0n) is 16.4. The highest BCUT2D eigenvalue weighted by Gasteiger charge is 2.27. The molecule has 8 heteroatoms. The zero-order chi connectivity index (χ0) is 20.2. The number of hydrogen-bond acceptors (Lipinski definition) is 5. The molecule has 0 bridgehead atoms. The molecule has 1 saturated heterocycles. The minimum absolute atomic E-state index is 0.0865. The lowest BCUT2D eigenvalue weighted by Crippen LogP contribution is -2.50. The number of hydrogen-bond donors (Lipinski definition) is 0. The van der Waals surface area contributed by atoms with Crippen molar-refractivity contribution in [3.63, 3.8) is 0 Å². The molecule has 3 aromatic rings. The largest absolute Gasteiger partial charge is 0.338 e. The summed E-state index contributed by atoms with van der Waals surface area (Å²) in [6.07, 6.45) is 3.39. The molecular weight excluding hydrogens is 368 g/mol. The first kappa shape index (κ1) is 19.1. The molecule has 1 aromatic carbocycles. The van der Waals surface area contributed by atoms with E-state index in [0.29, 0.717) is 18.9 Å². The summed E-state index contributed by atoms with van der Waals surface area (Å²) >= 11 is 0. The topological polar surface area (TPSA) is 76.3 Å². The van der Waals surface area contributed by atoms with Gasteiger partial charge in [-0.2, -0.15) is 5.10 Å². The van der Waals surface area contributed by atoms with Gasteiger partial charge >= 0.3 is 0 Å². The van der Waals surface area contributed by atoms with E-state index in [1.165, 1.54) is 16.3 Å². The third-order valence-corrected chi connectivity index (χ3v) is 5.21. The van der Waals surface area contributed by atoms with Crippen LogP contribution in [0, 0.1) is 0 Å². The molecule has 29 heavy (non-hydrogen) atoms. The predicted molar refractivity (Wildman–Crippen MR) is 109 cm³/mol. The molecule has 0 radical (unpaired) electrons. The summed E-state index contributed by atoms with van der Waals surface area (Å²) in [5, 5.41) is 8.48. The summed E-state index contributed by atoms with van der Waals surface area (Å²) in [6.45, 7) is 5.50. The highest BCUT2D eigenvalue weighted by atomic mass is 16.2. The van der Waals surface area contributed by atoms with E-state index in [-0.39, 0.29) is 11.5 Å². The number of amides is 1. The maximum atomic E-state index is 13.0. The lowest BCUT2D eigenvalue weighted by molar-refractivity contribution is -0.136. The van der Waals surface area contributed by atoms with E-state index in [0.717, 1.165) is 19.6 Å². The van der Waals surface area contributed by atoms with Crippen LogP contribution in [0.5, 0.6) is 0 Å². The molecule has 0 saturated carbocycles. The van der Waals surface area contributed by atoms with Crippen LogP contribution in [0.2, 0.25) is 0 Å². The highest BCUT2D eigenvalue weighted by molar-refractivity contribution is 5.80. The van der Waals surface area contributed by atoms with Gasteiger partial charge < -0.3 is 4.90 Å². The lowest BCUT2D eigenvalue weighted by Gasteiger charge is -2.36. The van der Waals surface area contributed by atoms with Gasteiger partial charge in [-0.05, 0) is 24.6 Å². The molecule has 1 unspecified atom stereocenters. The van der Waals surface area contributed by atoms with E-state index >= 15 is 0 Å². The van der Waals surface area contributed by atoms with Crippen LogP contribution in [-0.4, -0.2) is 61.4 Å². The number of benzene rings is 1. The minimum Gasteiger partial charge on any atom is -0.338 e. The third-order valence-electron chi connectivity index (χ3n) is 5.21. The Balaban J connectivity index is 1.41. The monoisotopic (exact) mass is 392 g/mol. The molecule has 4 rings (SSSR count). The van der Waals surface area contributed by atoms with Gasteiger partial charge in [0.25, 0.3) is 5.56 Å². The second kappa shape index (κ2) is 8.40. The van der Waals surface area contributed by atoms with E-state index in [1.54, 1.807) is 36.1 Å². The van der Waals surface area contributed by atoms with Crippen LogP contribution in [0.3, 0.4) is 0 Å². The zero-order valence-corrected chi connectivity index (χ0v) is 16.4. The second-order valence-electron chi connectivity index (χ2n) is 7.19. The van der Waals surface area contributed by atoms with Crippen LogP contribution < -0.4 is 5.56 Å². The molecule has 8 nitrogen and oxygen atoms in total. The van der Waals surface area contributed by atoms with Crippen molar-refractivity contribution in [3.8, 4) is 5.82 Å². The average molecular weight is 392 g/mol. The SMILES string of the molecule is CC(C(=O)N1CCN(Cc2ccccc2)CC1)n1nc(-n2cccn2)ccc1=O. The molecule has 1 fully saturated rings. The van der Waals surface area contributed by atoms with Crippen molar-refractivity contribution < 1.29 is 4.79 Å². The van der Waals surface area contributed by atoms with Gasteiger partial charge in [-0.15, -0.1) is 5.10 Å². The van der Waals surface area contributed by atoms with Crippen molar-refractivity contribution in [2.24, 2.45) is 0 Å². The molecule has 1 aliphatic rings. The van der Waals surface area contributed by atoms with Crippen molar-refractivity contribution >= 4 is 5.91 Å². The van der Waals surface area contributed by atoms with Gasteiger partial charge in [0.1, 0.15) is 6.04 Å². The molecular formula is C21H24N6O2. The maximum Gasteiger partial charge on any atom is 0.267 e. The highest BCUT2D eigenvalue weighted by Crippen LogP contribution is 2.13. The molecule has 150 valence electrons. The van der Waals surface area contributed by atoms with E-state index in [2.05, 4.69) is 27.2 Å². The molecule has 0 aliphatic carbocycles. The Morgan fingerprint density at radius 2 is 1.79 bits per heavy atom. The molecule has 1 amide bonds. The Morgan fingerprint density at radius 1 is 1.03 bits per heavy atom. The third kappa shape index (κ3) is 4.27. The van der Waals surface area contributed by atoms with Crippen molar-refractivity contribution in [1.82, 2.24) is 29.4 Å². The summed E-state index contributed by atoms with van der Waals surface area (Å²) in [5.74, 6) is 0.415. The summed E-state index contributed by atoms with van der Waals surface area (Å²) < 4.78 is 2.81. The number of piperazine rings is 1. The predicted octanol–water partition coefficient (Wildman–Crippen LogP) is 1.33. The molecule has 1 aliphatic heterocycles.